The second-order valence-electron chi connectivity index (χ2n) is 3.45. The van der Waals surface area contributed by atoms with Crippen LogP contribution in [0, 0.1) is 0 Å². The minimum Gasteiger partial charge on any atom is -0.330 e. The standard InChI is InChI=1S/C10H9F3N4S/c11-10(12,13)8-16-9(18-17-8)15-7-3-1-2-6(4-7)5-14/h1-4H,5,14H2,(H,15,16,17). The largest absolute Gasteiger partial charge is 0.452 e. The molecule has 0 atom stereocenters. The van der Waals surface area contributed by atoms with Crippen LogP contribution in [0.4, 0.5) is 24.0 Å². The highest BCUT2D eigenvalue weighted by Crippen LogP contribution is 2.30. The zero-order chi connectivity index (χ0) is 13.2. The zero-order valence-electron chi connectivity index (χ0n) is 9.03. The van der Waals surface area contributed by atoms with Gasteiger partial charge in [0, 0.05) is 23.8 Å². The predicted octanol–water partition coefficient (Wildman–Crippen LogP) is 2.76. The molecule has 0 aliphatic rings. The Morgan fingerprint density at radius 2 is 2.11 bits per heavy atom. The number of rotatable bonds is 3. The van der Waals surface area contributed by atoms with Gasteiger partial charge in [0.05, 0.1) is 0 Å². The van der Waals surface area contributed by atoms with Crippen molar-refractivity contribution in [3.63, 3.8) is 0 Å². The van der Waals surface area contributed by atoms with E-state index in [4.69, 9.17) is 5.73 Å². The maximum Gasteiger partial charge on any atom is 0.452 e. The topological polar surface area (TPSA) is 63.8 Å². The lowest BCUT2D eigenvalue weighted by Gasteiger charge is -2.04. The van der Waals surface area contributed by atoms with Gasteiger partial charge in [-0.05, 0) is 17.7 Å². The van der Waals surface area contributed by atoms with Crippen molar-refractivity contribution in [3.05, 3.63) is 35.7 Å². The molecular weight excluding hydrogens is 265 g/mol. The number of alkyl halides is 3. The lowest BCUT2D eigenvalue weighted by molar-refractivity contribution is -0.144. The maximum absolute atomic E-state index is 12.3. The third-order valence-corrected chi connectivity index (χ3v) is 2.72. The second kappa shape index (κ2) is 4.91. The third kappa shape index (κ3) is 2.96. The summed E-state index contributed by atoms with van der Waals surface area (Å²) in [5.41, 5.74) is 6.97. The Hall–Kier alpha value is -1.67. The molecule has 0 bridgehead atoms. The molecule has 2 rings (SSSR count). The fraction of sp³-hybridized carbons (Fsp3) is 0.200. The quantitative estimate of drug-likeness (QED) is 0.903. The van der Waals surface area contributed by atoms with E-state index in [1.807, 2.05) is 6.07 Å². The lowest BCUT2D eigenvalue weighted by Crippen LogP contribution is -2.07. The summed E-state index contributed by atoms with van der Waals surface area (Å²) in [5.74, 6) is -1.13. The molecule has 8 heteroatoms. The van der Waals surface area contributed by atoms with Crippen molar-refractivity contribution in [2.24, 2.45) is 5.73 Å². The first-order valence-corrected chi connectivity index (χ1v) is 5.73. The molecule has 0 amide bonds. The molecule has 0 unspecified atom stereocenters. The van der Waals surface area contributed by atoms with Gasteiger partial charge in [-0.15, -0.1) is 0 Å². The zero-order valence-corrected chi connectivity index (χ0v) is 9.85. The SMILES string of the molecule is NCc1cccc(Nc2nc(C(F)(F)F)ns2)c1. The van der Waals surface area contributed by atoms with Crippen molar-refractivity contribution in [1.82, 2.24) is 9.36 Å². The molecule has 0 fully saturated rings. The van der Waals surface area contributed by atoms with Crippen LogP contribution in [0.1, 0.15) is 11.4 Å². The average molecular weight is 274 g/mol. The Morgan fingerprint density at radius 3 is 2.72 bits per heavy atom. The second-order valence-corrected chi connectivity index (χ2v) is 4.20. The van der Waals surface area contributed by atoms with E-state index < -0.39 is 12.0 Å². The van der Waals surface area contributed by atoms with Crippen LogP contribution in [0.3, 0.4) is 0 Å². The van der Waals surface area contributed by atoms with Gasteiger partial charge in [-0.3, -0.25) is 0 Å². The van der Waals surface area contributed by atoms with Gasteiger partial charge < -0.3 is 11.1 Å². The highest BCUT2D eigenvalue weighted by atomic mass is 32.1. The maximum atomic E-state index is 12.3. The summed E-state index contributed by atoms with van der Waals surface area (Å²) in [6.45, 7) is 0.361. The highest BCUT2D eigenvalue weighted by Gasteiger charge is 2.36. The van der Waals surface area contributed by atoms with E-state index in [0.717, 1.165) is 5.56 Å². The van der Waals surface area contributed by atoms with Gasteiger partial charge in [-0.25, -0.2) is 0 Å². The first-order valence-electron chi connectivity index (χ1n) is 4.96. The molecule has 2 aromatic rings. The first-order chi connectivity index (χ1) is 8.49. The van der Waals surface area contributed by atoms with E-state index in [0.29, 0.717) is 23.8 Å². The smallest absolute Gasteiger partial charge is 0.330 e. The van der Waals surface area contributed by atoms with Crippen LogP contribution in [0.5, 0.6) is 0 Å². The van der Waals surface area contributed by atoms with E-state index in [1.165, 1.54) is 0 Å². The Labute approximate surface area is 105 Å². The Kier molecular flexibility index (Phi) is 3.48. The Morgan fingerprint density at radius 1 is 1.33 bits per heavy atom. The summed E-state index contributed by atoms with van der Waals surface area (Å²) < 4.78 is 40.1. The molecule has 0 aliphatic carbocycles. The average Bonchev–Trinajstić information content (AvgIpc) is 2.77. The Balaban J connectivity index is 2.16. The number of nitrogens with one attached hydrogen (secondary N) is 1. The normalized spacial score (nSPS) is 11.6. The number of halogens is 3. The number of aromatic nitrogens is 2. The molecule has 1 aromatic heterocycles. The van der Waals surface area contributed by atoms with Crippen molar-refractivity contribution in [2.75, 3.05) is 5.32 Å². The van der Waals surface area contributed by atoms with Crippen molar-refractivity contribution < 1.29 is 13.2 Å². The predicted molar refractivity (Wildman–Crippen MR) is 62.5 cm³/mol. The summed E-state index contributed by atoms with van der Waals surface area (Å²) in [4.78, 5) is 3.37. The molecule has 0 saturated carbocycles. The molecule has 4 nitrogen and oxygen atoms in total. The number of nitrogens with zero attached hydrogens (tertiary/aromatic N) is 2. The Bertz CT molecular complexity index is 538. The molecule has 18 heavy (non-hydrogen) atoms. The van der Waals surface area contributed by atoms with E-state index in [1.54, 1.807) is 18.2 Å². The van der Waals surface area contributed by atoms with Crippen LogP contribution in [0.2, 0.25) is 0 Å². The van der Waals surface area contributed by atoms with Crippen molar-refractivity contribution in [1.29, 1.82) is 0 Å². The molecule has 1 heterocycles. The summed E-state index contributed by atoms with van der Waals surface area (Å²) in [7, 11) is 0. The van der Waals surface area contributed by atoms with Gasteiger partial charge in [-0.2, -0.15) is 22.5 Å². The van der Waals surface area contributed by atoms with Crippen LogP contribution < -0.4 is 11.1 Å². The highest BCUT2D eigenvalue weighted by molar-refractivity contribution is 7.09. The molecule has 0 saturated heterocycles. The number of nitrogens with two attached hydrogens (primary N) is 1. The van der Waals surface area contributed by atoms with Crippen molar-refractivity contribution in [3.8, 4) is 0 Å². The minimum atomic E-state index is -4.52. The van der Waals surface area contributed by atoms with Gasteiger partial charge in [-0.1, -0.05) is 12.1 Å². The van der Waals surface area contributed by atoms with E-state index in [9.17, 15) is 13.2 Å². The van der Waals surface area contributed by atoms with Gasteiger partial charge in [0.25, 0.3) is 0 Å². The third-order valence-electron chi connectivity index (χ3n) is 2.09. The lowest BCUT2D eigenvalue weighted by atomic mass is 10.2. The van der Waals surface area contributed by atoms with Crippen molar-refractivity contribution >= 4 is 22.4 Å². The van der Waals surface area contributed by atoms with Crippen LogP contribution in [-0.4, -0.2) is 9.36 Å². The molecule has 0 radical (unpaired) electrons. The minimum absolute atomic E-state index is 0.0940. The first kappa shape index (κ1) is 12.8. The van der Waals surface area contributed by atoms with Gasteiger partial charge >= 0.3 is 6.18 Å². The molecule has 1 aromatic carbocycles. The van der Waals surface area contributed by atoms with Gasteiger partial charge in [0.2, 0.25) is 11.0 Å². The van der Waals surface area contributed by atoms with Crippen LogP contribution in [-0.2, 0) is 12.7 Å². The number of hydrogen-bond donors (Lipinski definition) is 2. The molecule has 0 spiro atoms. The van der Waals surface area contributed by atoms with E-state index in [2.05, 4.69) is 14.7 Å². The summed E-state index contributed by atoms with van der Waals surface area (Å²) in [6, 6.07) is 7.05. The van der Waals surface area contributed by atoms with Gasteiger partial charge in [0.1, 0.15) is 0 Å². The fourth-order valence-electron chi connectivity index (χ4n) is 1.29. The summed E-state index contributed by atoms with van der Waals surface area (Å²) in [6.07, 6.45) is -4.52. The summed E-state index contributed by atoms with van der Waals surface area (Å²) in [5, 5.41) is 2.85. The van der Waals surface area contributed by atoms with E-state index in [-0.39, 0.29) is 5.13 Å². The number of benzene rings is 1. The monoisotopic (exact) mass is 274 g/mol. The van der Waals surface area contributed by atoms with E-state index >= 15 is 0 Å². The molecule has 0 aliphatic heterocycles. The van der Waals surface area contributed by atoms with Crippen LogP contribution in [0.15, 0.2) is 24.3 Å². The van der Waals surface area contributed by atoms with Crippen molar-refractivity contribution in [2.45, 2.75) is 12.7 Å². The summed E-state index contributed by atoms with van der Waals surface area (Å²) >= 11 is 0.661. The molecular formula is C10H9F3N4S. The number of hydrogen-bond acceptors (Lipinski definition) is 5. The van der Waals surface area contributed by atoms with Crippen LogP contribution >= 0.6 is 11.5 Å². The van der Waals surface area contributed by atoms with Gasteiger partial charge in [0.15, 0.2) is 0 Å². The molecule has 96 valence electrons. The van der Waals surface area contributed by atoms with Crippen LogP contribution in [0.25, 0.3) is 0 Å². The number of anilines is 2. The molecule has 3 N–H and O–H groups in total. The fourth-order valence-corrected chi connectivity index (χ4v) is 1.90.